The number of rotatable bonds is 2. The molecule has 0 radical (unpaired) electrons. The van der Waals surface area contributed by atoms with Crippen LogP contribution in [0.2, 0.25) is 0 Å². The molecule has 0 aromatic rings. The van der Waals surface area contributed by atoms with Gasteiger partial charge in [-0.05, 0) is 46.5 Å². The van der Waals surface area contributed by atoms with Crippen LogP contribution in [-0.2, 0) is 14.3 Å². The van der Waals surface area contributed by atoms with E-state index in [9.17, 15) is 4.79 Å². The fourth-order valence-corrected chi connectivity index (χ4v) is 2.32. The molecule has 0 aromatic carbocycles. The number of allylic oxidation sites excluding steroid dienone is 1. The van der Waals surface area contributed by atoms with Crippen molar-refractivity contribution in [2.24, 2.45) is 0 Å². The Morgan fingerprint density at radius 2 is 2.00 bits per heavy atom. The topological polar surface area (TPSA) is 35.5 Å². The van der Waals surface area contributed by atoms with E-state index in [-0.39, 0.29) is 17.5 Å². The normalized spacial score (nSPS) is 29.5. The van der Waals surface area contributed by atoms with Gasteiger partial charge < -0.3 is 9.47 Å². The Hall–Kier alpha value is -0.990. The fraction of sp³-hybridized carbons (Fsp3) is 0.750. The zero-order valence-electron chi connectivity index (χ0n) is 9.63. The van der Waals surface area contributed by atoms with Gasteiger partial charge in [-0.15, -0.1) is 0 Å². The summed E-state index contributed by atoms with van der Waals surface area (Å²) >= 11 is 0. The van der Waals surface area contributed by atoms with Gasteiger partial charge in [-0.3, -0.25) is 4.79 Å². The monoisotopic (exact) mass is 210 g/mol. The van der Waals surface area contributed by atoms with Crippen molar-refractivity contribution in [3.63, 3.8) is 0 Å². The van der Waals surface area contributed by atoms with Crippen molar-refractivity contribution in [2.45, 2.75) is 58.2 Å². The van der Waals surface area contributed by atoms with E-state index >= 15 is 0 Å². The third-order valence-corrected chi connectivity index (χ3v) is 3.28. The summed E-state index contributed by atoms with van der Waals surface area (Å²) in [6.45, 7) is 5.64. The minimum atomic E-state index is -0.370. The van der Waals surface area contributed by atoms with Gasteiger partial charge in [0.2, 0.25) is 11.5 Å². The number of hydrogen-bond acceptors (Lipinski definition) is 3. The van der Waals surface area contributed by atoms with Gasteiger partial charge in [-0.1, -0.05) is 0 Å². The number of ketones is 1. The Morgan fingerprint density at radius 3 is 2.47 bits per heavy atom. The summed E-state index contributed by atoms with van der Waals surface area (Å²) in [5.41, 5.74) is -0.153. The molecule has 0 amide bonds. The maximum absolute atomic E-state index is 11.7. The molecule has 0 bridgehead atoms. The van der Waals surface area contributed by atoms with Crippen molar-refractivity contribution in [2.75, 3.05) is 0 Å². The summed E-state index contributed by atoms with van der Waals surface area (Å²) in [5, 5.41) is 0. The second-order valence-corrected chi connectivity index (χ2v) is 4.77. The third-order valence-electron chi connectivity index (χ3n) is 3.28. The summed E-state index contributed by atoms with van der Waals surface area (Å²) in [4.78, 5) is 11.7. The number of hydrogen-bond donors (Lipinski definition) is 0. The van der Waals surface area contributed by atoms with Crippen LogP contribution in [-0.4, -0.2) is 17.5 Å². The van der Waals surface area contributed by atoms with Gasteiger partial charge >= 0.3 is 0 Å². The van der Waals surface area contributed by atoms with E-state index in [0.717, 1.165) is 12.8 Å². The standard InChI is InChI=1S/C12H18O3/c1-8-10(13)11(9(2)14-8)15-12(3)6-4-5-7-12/h8H,4-7H2,1-3H3. The second kappa shape index (κ2) is 3.54. The highest BCUT2D eigenvalue weighted by Gasteiger charge is 2.38. The van der Waals surface area contributed by atoms with E-state index in [0.29, 0.717) is 11.5 Å². The van der Waals surface area contributed by atoms with Crippen molar-refractivity contribution < 1.29 is 14.3 Å². The van der Waals surface area contributed by atoms with Gasteiger partial charge in [-0.25, -0.2) is 0 Å². The van der Waals surface area contributed by atoms with Crippen molar-refractivity contribution in [3.8, 4) is 0 Å². The molecular weight excluding hydrogens is 192 g/mol. The molecule has 1 aliphatic heterocycles. The van der Waals surface area contributed by atoms with Crippen LogP contribution in [0.5, 0.6) is 0 Å². The molecule has 1 atom stereocenters. The lowest BCUT2D eigenvalue weighted by molar-refractivity contribution is -0.125. The minimum Gasteiger partial charge on any atom is -0.483 e. The Balaban J connectivity index is 2.11. The molecule has 1 aliphatic carbocycles. The molecule has 0 aromatic heterocycles. The molecule has 0 spiro atoms. The van der Waals surface area contributed by atoms with E-state index in [4.69, 9.17) is 9.47 Å². The predicted molar refractivity (Wildman–Crippen MR) is 56.2 cm³/mol. The van der Waals surface area contributed by atoms with E-state index < -0.39 is 0 Å². The van der Waals surface area contributed by atoms with Gasteiger partial charge in [0.05, 0.1) is 0 Å². The lowest BCUT2D eigenvalue weighted by atomic mass is 10.1. The van der Waals surface area contributed by atoms with Crippen LogP contribution in [0.25, 0.3) is 0 Å². The van der Waals surface area contributed by atoms with Gasteiger partial charge in [0.25, 0.3) is 0 Å². The molecule has 15 heavy (non-hydrogen) atoms. The van der Waals surface area contributed by atoms with E-state index in [2.05, 4.69) is 6.92 Å². The summed E-state index contributed by atoms with van der Waals surface area (Å²) in [6.07, 6.45) is 4.07. The van der Waals surface area contributed by atoms with Crippen molar-refractivity contribution in [3.05, 3.63) is 11.5 Å². The minimum absolute atomic E-state index is 0.0133. The number of ether oxygens (including phenoxy) is 2. The number of carbonyl (C=O) groups excluding carboxylic acids is 1. The molecule has 1 saturated carbocycles. The fourth-order valence-electron chi connectivity index (χ4n) is 2.32. The second-order valence-electron chi connectivity index (χ2n) is 4.77. The first-order valence-corrected chi connectivity index (χ1v) is 5.63. The molecule has 3 nitrogen and oxygen atoms in total. The van der Waals surface area contributed by atoms with Crippen LogP contribution in [0.1, 0.15) is 46.5 Å². The highest BCUT2D eigenvalue weighted by molar-refractivity contribution is 5.99. The third kappa shape index (κ3) is 1.87. The first-order valence-electron chi connectivity index (χ1n) is 5.63. The zero-order valence-corrected chi connectivity index (χ0v) is 9.63. The molecule has 1 heterocycles. The summed E-state index contributed by atoms with van der Waals surface area (Å²) in [5.74, 6) is 1.08. The van der Waals surface area contributed by atoms with Crippen molar-refractivity contribution in [1.82, 2.24) is 0 Å². The first kappa shape index (κ1) is 10.5. The smallest absolute Gasteiger partial charge is 0.240 e. The quantitative estimate of drug-likeness (QED) is 0.702. The zero-order chi connectivity index (χ0) is 11.1. The van der Waals surface area contributed by atoms with Crippen molar-refractivity contribution in [1.29, 1.82) is 0 Å². The molecule has 2 rings (SSSR count). The maximum Gasteiger partial charge on any atom is 0.240 e. The molecule has 1 fully saturated rings. The Labute approximate surface area is 90.4 Å². The van der Waals surface area contributed by atoms with Crippen LogP contribution in [0, 0.1) is 0 Å². The van der Waals surface area contributed by atoms with Gasteiger partial charge in [0.1, 0.15) is 11.4 Å². The highest BCUT2D eigenvalue weighted by atomic mass is 16.6. The number of Topliss-reactive ketones (excluding diaryl/α,β-unsaturated/α-hetero) is 1. The van der Waals surface area contributed by atoms with Crippen molar-refractivity contribution >= 4 is 5.78 Å². The molecule has 2 aliphatic rings. The Kier molecular flexibility index (Phi) is 2.49. The highest BCUT2D eigenvalue weighted by Crippen LogP contribution is 2.37. The van der Waals surface area contributed by atoms with E-state index in [1.54, 1.807) is 13.8 Å². The Morgan fingerprint density at radius 1 is 1.40 bits per heavy atom. The largest absolute Gasteiger partial charge is 0.483 e. The average molecular weight is 210 g/mol. The van der Waals surface area contributed by atoms with Gasteiger partial charge in [0.15, 0.2) is 6.10 Å². The molecule has 0 N–H and O–H groups in total. The summed E-state index contributed by atoms with van der Waals surface area (Å²) in [7, 11) is 0. The lowest BCUT2D eigenvalue weighted by Crippen LogP contribution is -2.27. The van der Waals surface area contributed by atoms with Crippen LogP contribution < -0.4 is 0 Å². The first-order chi connectivity index (χ1) is 7.02. The average Bonchev–Trinajstić information content (AvgIpc) is 2.68. The number of carbonyl (C=O) groups is 1. The van der Waals surface area contributed by atoms with Crippen LogP contribution in [0.4, 0.5) is 0 Å². The molecule has 0 saturated heterocycles. The molecule has 1 unspecified atom stereocenters. The van der Waals surface area contributed by atoms with Crippen LogP contribution in [0.3, 0.4) is 0 Å². The molecular formula is C12H18O3. The lowest BCUT2D eigenvalue weighted by Gasteiger charge is -2.25. The van der Waals surface area contributed by atoms with Gasteiger partial charge in [-0.2, -0.15) is 0 Å². The summed E-state index contributed by atoms with van der Waals surface area (Å²) in [6, 6.07) is 0. The Bertz CT molecular complexity index is 311. The predicted octanol–water partition coefficient (Wildman–Crippen LogP) is 2.56. The molecule has 3 heteroatoms. The van der Waals surface area contributed by atoms with E-state index in [1.165, 1.54) is 12.8 Å². The van der Waals surface area contributed by atoms with E-state index in [1.807, 2.05) is 0 Å². The van der Waals surface area contributed by atoms with Crippen LogP contribution >= 0.6 is 0 Å². The molecule has 84 valence electrons. The SMILES string of the molecule is CC1=C(OC2(C)CCCC2)C(=O)C(C)O1. The maximum atomic E-state index is 11.7. The van der Waals surface area contributed by atoms with Crippen LogP contribution in [0.15, 0.2) is 11.5 Å². The van der Waals surface area contributed by atoms with Gasteiger partial charge in [0, 0.05) is 0 Å². The summed E-state index contributed by atoms with van der Waals surface area (Å²) < 4.78 is 11.2.